The molecule has 0 aliphatic carbocycles. The smallest absolute Gasteiger partial charge is 0.309 e. The quantitative estimate of drug-likeness (QED) is 0.613. The van der Waals surface area contributed by atoms with E-state index < -0.39 is 5.97 Å². The number of carbonyl (C=O) groups is 1. The van der Waals surface area contributed by atoms with Crippen molar-refractivity contribution < 1.29 is 14.6 Å². The zero-order chi connectivity index (χ0) is 8.01. The second-order valence-corrected chi connectivity index (χ2v) is 3.51. The van der Waals surface area contributed by atoms with Gasteiger partial charge in [0, 0.05) is 0 Å². The molecule has 2 bridgehead atoms. The van der Waals surface area contributed by atoms with Crippen molar-refractivity contribution in [3.63, 3.8) is 0 Å². The second-order valence-electron chi connectivity index (χ2n) is 3.51. The number of carboxylic acid groups (broad SMARTS) is 1. The third-order valence-electron chi connectivity index (χ3n) is 2.92. The molecule has 2 fully saturated rings. The standard InChI is InChI=1S/C8H12O3/c1-4-5-2-3-6(11-5)7(4)8(9)10/h4-7H,2-3H2,1H3,(H,9,10). The van der Waals surface area contributed by atoms with Gasteiger partial charge in [-0.25, -0.2) is 0 Å². The Balaban J connectivity index is 2.17. The number of rotatable bonds is 1. The van der Waals surface area contributed by atoms with Crippen LogP contribution in [0.2, 0.25) is 0 Å². The SMILES string of the molecule is CC1C2CCC(O2)C1C(=O)O. The first-order valence-electron chi connectivity index (χ1n) is 4.08. The predicted molar refractivity (Wildman–Crippen MR) is 38.2 cm³/mol. The Labute approximate surface area is 65.4 Å². The monoisotopic (exact) mass is 156 g/mol. The third kappa shape index (κ3) is 0.872. The highest BCUT2D eigenvalue weighted by Gasteiger charge is 2.50. The van der Waals surface area contributed by atoms with Crippen molar-refractivity contribution in [1.29, 1.82) is 0 Å². The highest BCUT2D eigenvalue weighted by Crippen LogP contribution is 2.42. The number of hydrogen-bond donors (Lipinski definition) is 1. The van der Waals surface area contributed by atoms with Crippen LogP contribution >= 0.6 is 0 Å². The van der Waals surface area contributed by atoms with E-state index in [0.717, 1.165) is 12.8 Å². The molecule has 0 radical (unpaired) electrons. The zero-order valence-electron chi connectivity index (χ0n) is 6.49. The fraction of sp³-hybridized carbons (Fsp3) is 0.875. The van der Waals surface area contributed by atoms with E-state index >= 15 is 0 Å². The van der Waals surface area contributed by atoms with Gasteiger partial charge in [0.1, 0.15) is 0 Å². The van der Waals surface area contributed by atoms with E-state index in [9.17, 15) is 4.79 Å². The van der Waals surface area contributed by atoms with Crippen LogP contribution in [0, 0.1) is 11.8 Å². The summed E-state index contributed by atoms with van der Waals surface area (Å²) in [5, 5.41) is 8.83. The molecule has 62 valence electrons. The topological polar surface area (TPSA) is 46.5 Å². The van der Waals surface area contributed by atoms with Crippen molar-refractivity contribution in [2.24, 2.45) is 11.8 Å². The largest absolute Gasteiger partial charge is 0.481 e. The number of hydrogen-bond acceptors (Lipinski definition) is 2. The van der Waals surface area contributed by atoms with Crippen LogP contribution in [0.4, 0.5) is 0 Å². The van der Waals surface area contributed by atoms with Crippen LogP contribution in [0.25, 0.3) is 0 Å². The highest BCUT2D eigenvalue weighted by atomic mass is 16.5. The van der Waals surface area contributed by atoms with Gasteiger partial charge in [-0.3, -0.25) is 4.79 Å². The van der Waals surface area contributed by atoms with E-state index in [2.05, 4.69) is 0 Å². The minimum absolute atomic E-state index is 0.00694. The lowest BCUT2D eigenvalue weighted by atomic mass is 9.81. The second kappa shape index (κ2) is 2.21. The van der Waals surface area contributed by atoms with Gasteiger partial charge in [0.05, 0.1) is 18.1 Å². The lowest BCUT2D eigenvalue weighted by molar-refractivity contribution is -0.144. The average molecular weight is 156 g/mol. The summed E-state index contributed by atoms with van der Waals surface area (Å²) in [6.07, 6.45) is 2.22. The van der Waals surface area contributed by atoms with Gasteiger partial charge in [-0.1, -0.05) is 6.92 Å². The maximum Gasteiger partial charge on any atom is 0.309 e. The van der Waals surface area contributed by atoms with Crippen molar-refractivity contribution in [3.8, 4) is 0 Å². The first-order valence-corrected chi connectivity index (χ1v) is 4.08. The van der Waals surface area contributed by atoms with E-state index in [1.807, 2.05) is 6.92 Å². The lowest BCUT2D eigenvalue weighted by Crippen LogP contribution is -2.31. The predicted octanol–water partition coefficient (Wildman–Crippen LogP) is 0.885. The average Bonchev–Trinajstić information content (AvgIpc) is 2.44. The van der Waals surface area contributed by atoms with Crippen molar-refractivity contribution in [3.05, 3.63) is 0 Å². The fourth-order valence-electron chi connectivity index (χ4n) is 2.29. The normalized spacial score (nSPS) is 48.1. The molecule has 2 aliphatic rings. The van der Waals surface area contributed by atoms with E-state index in [4.69, 9.17) is 9.84 Å². The van der Waals surface area contributed by atoms with Crippen molar-refractivity contribution in [2.75, 3.05) is 0 Å². The van der Waals surface area contributed by atoms with Gasteiger partial charge in [0.15, 0.2) is 0 Å². The van der Waals surface area contributed by atoms with Crippen LogP contribution in [-0.4, -0.2) is 23.3 Å². The molecule has 2 heterocycles. The molecule has 2 saturated heterocycles. The van der Waals surface area contributed by atoms with Gasteiger partial charge in [0.2, 0.25) is 0 Å². The number of ether oxygens (including phenoxy) is 1. The van der Waals surface area contributed by atoms with Crippen LogP contribution < -0.4 is 0 Å². The van der Waals surface area contributed by atoms with Gasteiger partial charge in [-0.05, 0) is 18.8 Å². The van der Waals surface area contributed by atoms with E-state index in [1.165, 1.54) is 0 Å². The Morgan fingerprint density at radius 3 is 2.45 bits per heavy atom. The van der Waals surface area contributed by atoms with E-state index in [-0.39, 0.29) is 24.0 Å². The summed E-state index contributed by atoms with van der Waals surface area (Å²) in [6, 6.07) is 0. The minimum Gasteiger partial charge on any atom is -0.481 e. The molecule has 4 unspecified atom stereocenters. The Morgan fingerprint density at radius 1 is 1.45 bits per heavy atom. The Morgan fingerprint density at radius 2 is 2.09 bits per heavy atom. The molecule has 3 nitrogen and oxygen atoms in total. The number of aliphatic carboxylic acids is 1. The van der Waals surface area contributed by atoms with Crippen molar-refractivity contribution in [2.45, 2.75) is 32.0 Å². The molecule has 3 heteroatoms. The minimum atomic E-state index is -0.690. The third-order valence-corrected chi connectivity index (χ3v) is 2.92. The Bertz CT molecular complexity index is 188. The number of carboxylic acids is 1. The van der Waals surface area contributed by atoms with E-state index in [1.54, 1.807) is 0 Å². The molecule has 0 aromatic carbocycles. The van der Waals surface area contributed by atoms with Crippen molar-refractivity contribution in [1.82, 2.24) is 0 Å². The summed E-state index contributed by atoms with van der Waals surface area (Å²) in [4.78, 5) is 10.7. The summed E-state index contributed by atoms with van der Waals surface area (Å²) in [7, 11) is 0. The molecular weight excluding hydrogens is 144 g/mol. The maximum atomic E-state index is 10.7. The van der Waals surface area contributed by atoms with E-state index in [0.29, 0.717) is 0 Å². The molecular formula is C8H12O3. The summed E-state index contributed by atoms with van der Waals surface area (Å²) >= 11 is 0. The van der Waals surface area contributed by atoms with Crippen molar-refractivity contribution >= 4 is 5.97 Å². The Kier molecular flexibility index (Phi) is 1.42. The first kappa shape index (κ1) is 7.10. The zero-order valence-corrected chi connectivity index (χ0v) is 6.49. The van der Waals surface area contributed by atoms with Crippen LogP contribution in [0.5, 0.6) is 0 Å². The van der Waals surface area contributed by atoms with Gasteiger partial charge in [-0.2, -0.15) is 0 Å². The van der Waals surface area contributed by atoms with Gasteiger partial charge in [-0.15, -0.1) is 0 Å². The first-order chi connectivity index (χ1) is 5.20. The lowest BCUT2D eigenvalue weighted by Gasteiger charge is -2.20. The highest BCUT2D eigenvalue weighted by molar-refractivity contribution is 5.71. The maximum absolute atomic E-state index is 10.7. The van der Waals surface area contributed by atoms with Crippen LogP contribution in [0.1, 0.15) is 19.8 Å². The van der Waals surface area contributed by atoms with Gasteiger partial charge < -0.3 is 9.84 Å². The van der Waals surface area contributed by atoms with Gasteiger partial charge >= 0.3 is 5.97 Å². The summed E-state index contributed by atoms with van der Waals surface area (Å²) in [6.45, 7) is 1.97. The summed E-state index contributed by atoms with van der Waals surface area (Å²) < 4.78 is 5.48. The summed E-state index contributed by atoms with van der Waals surface area (Å²) in [5.41, 5.74) is 0. The molecule has 2 rings (SSSR count). The Hall–Kier alpha value is -0.570. The van der Waals surface area contributed by atoms with Crippen LogP contribution in [-0.2, 0) is 9.53 Å². The molecule has 4 atom stereocenters. The fourth-order valence-corrected chi connectivity index (χ4v) is 2.29. The molecule has 11 heavy (non-hydrogen) atoms. The van der Waals surface area contributed by atoms with Crippen LogP contribution in [0.15, 0.2) is 0 Å². The summed E-state index contributed by atoms with van der Waals surface area (Å²) in [5.74, 6) is -0.718. The molecule has 1 N–H and O–H groups in total. The molecule has 0 saturated carbocycles. The van der Waals surface area contributed by atoms with Crippen LogP contribution in [0.3, 0.4) is 0 Å². The molecule has 0 aromatic heterocycles. The molecule has 0 aromatic rings. The number of fused-ring (bicyclic) bond motifs is 2. The van der Waals surface area contributed by atoms with Gasteiger partial charge in [0.25, 0.3) is 0 Å². The molecule has 0 spiro atoms. The molecule has 2 aliphatic heterocycles. The molecule has 0 amide bonds.